The Morgan fingerprint density at radius 1 is 1.53 bits per heavy atom. The van der Waals surface area contributed by atoms with Gasteiger partial charge in [-0.25, -0.2) is 4.98 Å². The van der Waals surface area contributed by atoms with Crippen molar-refractivity contribution in [3.8, 4) is 0 Å². The van der Waals surface area contributed by atoms with Crippen molar-refractivity contribution in [2.45, 2.75) is 38.4 Å². The van der Waals surface area contributed by atoms with Crippen molar-refractivity contribution in [2.24, 2.45) is 0 Å². The van der Waals surface area contributed by atoms with Crippen LogP contribution in [0.15, 0.2) is 18.3 Å². The van der Waals surface area contributed by atoms with Crippen molar-refractivity contribution < 1.29 is 23.1 Å². The summed E-state index contributed by atoms with van der Waals surface area (Å²) in [5.74, 6) is -0.748. The van der Waals surface area contributed by atoms with Crippen molar-refractivity contribution >= 4 is 11.8 Å². The van der Waals surface area contributed by atoms with Crippen LogP contribution < -0.4 is 5.32 Å². The molecule has 0 aliphatic rings. The summed E-state index contributed by atoms with van der Waals surface area (Å²) in [7, 11) is 0. The van der Waals surface area contributed by atoms with Gasteiger partial charge in [-0.15, -0.1) is 0 Å². The highest BCUT2D eigenvalue weighted by Gasteiger charge is 2.30. The minimum atomic E-state index is -4.40. The van der Waals surface area contributed by atoms with Crippen molar-refractivity contribution in [3.63, 3.8) is 0 Å². The first-order chi connectivity index (χ1) is 8.79. The molecule has 19 heavy (non-hydrogen) atoms. The average molecular weight is 276 g/mol. The Balaban J connectivity index is 2.55. The van der Waals surface area contributed by atoms with Crippen LogP contribution in [0.25, 0.3) is 0 Å². The predicted octanol–water partition coefficient (Wildman–Crippen LogP) is 3.16. The third-order valence-electron chi connectivity index (χ3n) is 2.51. The smallest absolute Gasteiger partial charge is 0.416 e. The van der Waals surface area contributed by atoms with E-state index in [2.05, 4.69) is 10.3 Å². The van der Waals surface area contributed by atoms with E-state index in [0.29, 0.717) is 12.8 Å². The zero-order valence-corrected chi connectivity index (χ0v) is 10.4. The van der Waals surface area contributed by atoms with Gasteiger partial charge in [0.15, 0.2) is 0 Å². The number of nitrogens with zero attached hydrogens (tertiary/aromatic N) is 1. The molecule has 0 saturated heterocycles. The molecule has 0 aliphatic heterocycles. The van der Waals surface area contributed by atoms with Crippen LogP contribution in [0.4, 0.5) is 19.0 Å². The number of aromatic nitrogens is 1. The fraction of sp³-hybridized carbons (Fsp3) is 0.500. The molecule has 1 atom stereocenters. The number of carboxylic acids is 1. The maximum absolute atomic E-state index is 12.5. The van der Waals surface area contributed by atoms with Gasteiger partial charge in [-0.2, -0.15) is 13.2 Å². The van der Waals surface area contributed by atoms with E-state index in [0.717, 1.165) is 18.3 Å². The van der Waals surface area contributed by atoms with Gasteiger partial charge in [0, 0.05) is 18.7 Å². The van der Waals surface area contributed by atoms with Crippen molar-refractivity contribution in [2.75, 3.05) is 5.32 Å². The van der Waals surface area contributed by atoms with E-state index >= 15 is 0 Å². The number of carbonyl (C=O) groups is 1. The molecule has 0 bridgehead atoms. The molecule has 1 rings (SSSR count). The fourth-order valence-electron chi connectivity index (χ4n) is 1.57. The molecule has 0 saturated carbocycles. The van der Waals surface area contributed by atoms with Gasteiger partial charge in [0.2, 0.25) is 0 Å². The number of rotatable bonds is 6. The maximum Gasteiger partial charge on any atom is 0.416 e. The minimum Gasteiger partial charge on any atom is -0.481 e. The third-order valence-corrected chi connectivity index (χ3v) is 2.51. The van der Waals surface area contributed by atoms with Crippen molar-refractivity contribution in [1.29, 1.82) is 0 Å². The lowest BCUT2D eigenvalue weighted by Crippen LogP contribution is -2.17. The molecule has 0 amide bonds. The number of nitrogens with one attached hydrogen (secondary N) is 1. The summed E-state index contributed by atoms with van der Waals surface area (Å²) in [6, 6.07) is 1.70. The van der Waals surface area contributed by atoms with Gasteiger partial charge in [0.1, 0.15) is 5.82 Å². The van der Waals surface area contributed by atoms with E-state index in [1.165, 1.54) is 0 Å². The zero-order chi connectivity index (χ0) is 14.5. The standard InChI is InChI=1S/C12H15F3N2O2/c1-8(3-2-4-11(18)19)17-10-7-9(5-6-16-10)12(13,14)15/h5-8H,2-4H2,1H3,(H,16,17)(H,18,19). The van der Waals surface area contributed by atoms with Gasteiger partial charge < -0.3 is 10.4 Å². The molecule has 1 aromatic heterocycles. The van der Waals surface area contributed by atoms with E-state index in [-0.39, 0.29) is 18.3 Å². The molecule has 0 aliphatic carbocycles. The number of hydrogen-bond donors (Lipinski definition) is 2. The molecular weight excluding hydrogens is 261 g/mol. The summed E-state index contributed by atoms with van der Waals surface area (Å²) in [6.45, 7) is 1.77. The van der Waals surface area contributed by atoms with Crippen molar-refractivity contribution in [3.05, 3.63) is 23.9 Å². The molecule has 1 unspecified atom stereocenters. The van der Waals surface area contributed by atoms with Crippen molar-refractivity contribution in [1.82, 2.24) is 4.98 Å². The Kier molecular flexibility index (Phi) is 5.14. The summed E-state index contributed by atoms with van der Waals surface area (Å²) < 4.78 is 37.4. The lowest BCUT2D eigenvalue weighted by atomic mass is 10.1. The normalized spacial score (nSPS) is 13.1. The lowest BCUT2D eigenvalue weighted by Gasteiger charge is -2.15. The molecule has 4 nitrogen and oxygen atoms in total. The second-order valence-corrected chi connectivity index (χ2v) is 4.26. The fourth-order valence-corrected chi connectivity index (χ4v) is 1.57. The largest absolute Gasteiger partial charge is 0.481 e. The van der Waals surface area contributed by atoms with E-state index < -0.39 is 17.7 Å². The Morgan fingerprint density at radius 2 is 2.21 bits per heavy atom. The summed E-state index contributed by atoms with van der Waals surface area (Å²) in [5.41, 5.74) is -0.761. The summed E-state index contributed by atoms with van der Waals surface area (Å²) in [4.78, 5) is 14.1. The number of pyridine rings is 1. The first kappa shape index (κ1) is 15.3. The first-order valence-corrected chi connectivity index (χ1v) is 5.80. The van der Waals surface area contributed by atoms with Gasteiger partial charge in [-0.3, -0.25) is 4.79 Å². The molecule has 0 spiro atoms. The van der Waals surface area contributed by atoms with Crippen LogP contribution in [-0.2, 0) is 11.0 Å². The van der Waals surface area contributed by atoms with Crippen LogP contribution in [0.3, 0.4) is 0 Å². The molecular formula is C12H15F3N2O2. The molecule has 0 radical (unpaired) electrons. The number of anilines is 1. The quantitative estimate of drug-likeness (QED) is 0.837. The third kappa shape index (κ3) is 5.58. The lowest BCUT2D eigenvalue weighted by molar-refractivity contribution is -0.138. The van der Waals surface area contributed by atoms with E-state index in [1.807, 2.05) is 0 Å². The van der Waals surface area contributed by atoms with Gasteiger partial charge in [0.25, 0.3) is 0 Å². The summed E-state index contributed by atoms with van der Waals surface area (Å²) in [6.07, 6.45) is -2.25. The number of hydrogen-bond acceptors (Lipinski definition) is 3. The minimum absolute atomic E-state index is 0.0437. The Labute approximate surface area is 108 Å². The average Bonchev–Trinajstić information content (AvgIpc) is 2.27. The number of carboxylic acid groups (broad SMARTS) is 1. The molecule has 7 heteroatoms. The van der Waals surface area contributed by atoms with Crippen LogP contribution in [0.2, 0.25) is 0 Å². The molecule has 1 aromatic rings. The van der Waals surface area contributed by atoms with Gasteiger partial charge in [-0.1, -0.05) is 0 Å². The highest BCUT2D eigenvalue weighted by Crippen LogP contribution is 2.30. The Morgan fingerprint density at radius 3 is 2.79 bits per heavy atom. The first-order valence-electron chi connectivity index (χ1n) is 5.80. The number of aliphatic carboxylic acids is 1. The topological polar surface area (TPSA) is 62.2 Å². The second kappa shape index (κ2) is 6.40. The highest BCUT2D eigenvalue weighted by atomic mass is 19.4. The second-order valence-electron chi connectivity index (χ2n) is 4.26. The van der Waals surface area contributed by atoms with Crippen LogP contribution in [0.1, 0.15) is 31.7 Å². The van der Waals surface area contributed by atoms with Crippen LogP contribution in [0.5, 0.6) is 0 Å². The van der Waals surface area contributed by atoms with Crippen LogP contribution in [0, 0.1) is 0 Å². The molecule has 0 aromatic carbocycles. The summed E-state index contributed by atoms with van der Waals surface area (Å²) >= 11 is 0. The van der Waals surface area contributed by atoms with Gasteiger partial charge in [-0.05, 0) is 31.9 Å². The van der Waals surface area contributed by atoms with Gasteiger partial charge >= 0.3 is 12.1 Å². The zero-order valence-electron chi connectivity index (χ0n) is 10.4. The van der Waals surface area contributed by atoms with E-state index in [1.54, 1.807) is 6.92 Å². The van der Waals surface area contributed by atoms with Crippen LogP contribution >= 0.6 is 0 Å². The molecule has 106 valence electrons. The Bertz CT molecular complexity index is 435. The highest BCUT2D eigenvalue weighted by molar-refractivity contribution is 5.66. The van der Waals surface area contributed by atoms with Gasteiger partial charge in [0.05, 0.1) is 5.56 Å². The Hall–Kier alpha value is -1.79. The number of alkyl halides is 3. The molecule has 2 N–H and O–H groups in total. The van der Waals surface area contributed by atoms with Crippen LogP contribution in [-0.4, -0.2) is 22.1 Å². The number of halogens is 3. The van der Waals surface area contributed by atoms with E-state index in [9.17, 15) is 18.0 Å². The SMILES string of the molecule is CC(CCCC(=O)O)Nc1cc(C(F)(F)F)ccn1. The monoisotopic (exact) mass is 276 g/mol. The molecule has 0 fully saturated rings. The predicted molar refractivity (Wildman–Crippen MR) is 63.8 cm³/mol. The maximum atomic E-state index is 12.5. The summed E-state index contributed by atoms with van der Waals surface area (Å²) in [5, 5.41) is 11.3. The van der Waals surface area contributed by atoms with E-state index in [4.69, 9.17) is 5.11 Å². The molecule has 1 heterocycles.